The van der Waals surface area contributed by atoms with Crippen molar-refractivity contribution >= 4 is 79.3 Å². The molecule has 3 heterocycles. The molecule has 2 aromatic heterocycles. The SMILES string of the molecule is CCN1C(C)=CSC1=c1sc(=Cc2sc3cc(SC)c(SC)cc3[n+]2CC)n(CC)c1=O. The van der Waals surface area contributed by atoms with Gasteiger partial charge in [0.05, 0.1) is 6.08 Å². The lowest BCUT2D eigenvalue weighted by molar-refractivity contribution is -0.665. The highest BCUT2D eigenvalue weighted by Crippen LogP contribution is 2.35. The third-order valence-electron chi connectivity index (χ3n) is 5.55. The van der Waals surface area contributed by atoms with Gasteiger partial charge in [0, 0.05) is 34.6 Å². The van der Waals surface area contributed by atoms with Gasteiger partial charge < -0.3 is 4.90 Å². The van der Waals surface area contributed by atoms with Gasteiger partial charge in [0.1, 0.15) is 25.5 Å². The summed E-state index contributed by atoms with van der Waals surface area (Å²) in [5.74, 6) is 0. The number of benzene rings is 1. The van der Waals surface area contributed by atoms with Crippen molar-refractivity contribution in [2.75, 3.05) is 19.1 Å². The van der Waals surface area contributed by atoms with Crippen LogP contribution in [-0.2, 0) is 13.1 Å². The molecule has 4 nitrogen and oxygen atoms in total. The highest BCUT2D eigenvalue weighted by atomic mass is 32.2. The Labute approximate surface area is 209 Å². The number of rotatable bonds is 6. The smallest absolute Gasteiger partial charge is 0.271 e. The maximum atomic E-state index is 13.3. The van der Waals surface area contributed by atoms with Crippen molar-refractivity contribution in [3.05, 3.63) is 47.8 Å². The van der Waals surface area contributed by atoms with E-state index in [1.807, 2.05) is 15.9 Å². The second-order valence-electron chi connectivity index (χ2n) is 7.25. The summed E-state index contributed by atoms with van der Waals surface area (Å²) >= 11 is 8.68. The predicted octanol–water partition coefficient (Wildman–Crippen LogP) is 4.72. The van der Waals surface area contributed by atoms with Gasteiger partial charge in [0.25, 0.3) is 10.6 Å². The summed E-state index contributed by atoms with van der Waals surface area (Å²) in [6.07, 6.45) is 6.48. The number of nitrogens with zero attached hydrogens (tertiary/aromatic N) is 3. The minimum Gasteiger partial charge on any atom is -0.338 e. The van der Waals surface area contributed by atoms with E-state index < -0.39 is 0 Å². The summed E-state index contributed by atoms with van der Waals surface area (Å²) < 4.78 is 7.44. The first kappa shape index (κ1) is 24.0. The summed E-state index contributed by atoms with van der Waals surface area (Å²) in [6.45, 7) is 10.9. The van der Waals surface area contributed by atoms with Crippen molar-refractivity contribution < 1.29 is 4.57 Å². The molecule has 1 aliphatic heterocycles. The normalized spacial score (nSPS) is 16.5. The molecule has 0 saturated heterocycles. The molecule has 0 spiro atoms. The number of aromatic nitrogens is 2. The van der Waals surface area contributed by atoms with E-state index in [1.165, 1.54) is 30.7 Å². The van der Waals surface area contributed by atoms with Crippen LogP contribution in [0.5, 0.6) is 0 Å². The van der Waals surface area contributed by atoms with Crippen LogP contribution in [0.15, 0.2) is 37.8 Å². The maximum Gasteiger partial charge on any atom is 0.271 e. The molecule has 0 amide bonds. The standard InChI is InChI=1S/C23H28N3OS5/c1-7-24-14(4)13-30-23(24)21-22(27)26(9-3)20(32-21)12-19-25(8-2)15-10-17(28-5)18(29-6)11-16(15)31-19/h10-13H,7-9H2,1-6H3/q+1. The number of aryl methyl sites for hydroxylation is 1. The van der Waals surface area contributed by atoms with Crippen molar-refractivity contribution in [2.24, 2.45) is 0 Å². The molecule has 32 heavy (non-hydrogen) atoms. The van der Waals surface area contributed by atoms with Crippen LogP contribution in [-0.4, -0.2) is 28.5 Å². The Morgan fingerprint density at radius 3 is 2.41 bits per heavy atom. The molecule has 0 aliphatic carbocycles. The molecular weight excluding hydrogens is 495 g/mol. The number of thioether (sulfide) groups is 3. The molecule has 0 saturated carbocycles. The number of hydrogen-bond donors (Lipinski definition) is 0. The topological polar surface area (TPSA) is 29.1 Å². The Kier molecular flexibility index (Phi) is 7.51. The largest absolute Gasteiger partial charge is 0.338 e. The van der Waals surface area contributed by atoms with E-state index in [-0.39, 0.29) is 5.56 Å². The molecule has 0 atom stereocenters. The highest BCUT2D eigenvalue weighted by molar-refractivity contribution is 8.10. The lowest BCUT2D eigenvalue weighted by Crippen LogP contribution is -2.35. The molecule has 4 rings (SSSR count). The van der Waals surface area contributed by atoms with Gasteiger partial charge in [0.2, 0.25) is 5.52 Å². The van der Waals surface area contributed by atoms with Gasteiger partial charge in [-0.2, -0.15) is 4.57 Å². The number of hydrogen-bond acceptors (Lipinski definition) is 7. The fourth-order valence-corrected chi connectivity index (χ4v) is 9.12. The van der Waals surface area contributed by atoms with Gasteiger partial charge in [-0.15, -0.1) is 34.9 Å². The Hall–Kier alpha value is -1.13. The summed E-state index contributed by atoms with van der Waals surface area (Å²) in [6, 6.07) is 4.62. The van der Waals surface area contributed by atoms with Crippen LogP contribution in [0.2, 0.25) is 0 Å². The molecule has 0 bridgehead atoms. The molecular formula is C23H28N3OS5+. The number of allylic oxidation sites excluding steroid dienone is 1. The first-order chi connectivity index (χ1) is 15.5. The Bertz CT molecular complexity index is 1380. The van der Waals surface area contributed by atoms with Crippen molar-refractivity contribution in [3.8, 4) is 0 Å². The number of fused-ring (bicyclic) bond motifs is 1. The summed E-state index contributed by atoms with van der Waals surface area (Å²) in [4.78, 5) is 18.2. The Morgan fingerprint density at radius 1 is 1.06 bits per heavy atom. The highest BCUT2D eigenvalue weighted by Gasteiger charge is 2.22. The van der Waals surface area contributed by atoms with Crippen LogP contribution >= 0.6 is 58.0 Å². The van der Waals surface area contributed by atoms with Crippen LogP contribution in [0.3, 0.4) is 0 Å². The van der Waals surface area contributed by atoms with Gasteiger partial charge in [-0.3, -0.25) is 9.36 Å². The van der Waals surface area contributed by atoms with Gasteiger partial charge in [-0.1, -0.05) is 23.1 Å². The first-order valence-corrected chi connectivity index (χ1v) is 15.6. The Balaban J connectivity index is 1.96. The van der Waals surface area contributed by atoms with Crippen LogP contribution in [0.25, 0.3) is 21.3 Å². The molecule has 0 unspecified atom stereocenters. The summed E-state index contributed by atoms with van der Waals surface area (Å²) in [5.41, 5.74) is 2.59. The molecule has 9 heteroatoms. The molecule has 0 radical (unpaired) electrons. The number of thiazole rings is 2. The van der Waals surface area contributed by atoms with E-state index in [0.29, 0.717) is 6.54 Å². The molecule has 1 aliphatic rings. The lowest BCUT2D eigenvalue weighted by Gasteiger charge is -2.17. The van der Waals surface area contributed by atoms with Gasteiger partial charge >= 0.3 is 0 Å². The van der Waals surface area contributed by atoms with Crippen LogP contribution < -0.4 is 19.3 Å². The van der Waals surface area contributed by atoms with E-state index in [0.717, 1.165) is 27.3 Å². The summed E-state index contributed by atoms with van der Waals surface area (Å²) in [5, 5.41) is 4.39. The van der Waals surface area contributed by atoms with Crippen molar-refractivity contribution in [1.29, 1.82) is 0 Å². The fraction of sp³-hybridized carbons (Fsp3) is 0.391. The molecule has 1 aromatic carbocycles. The molecule has 0 N–H and O–H groups in total. The average molecular weight is 523 g/mol. The van der Waals surface area contributed by atoms with Crippen LogP contribution in [0.4, 0.5) is 0 Å². The monoisotopic (exact) mass is 522 g/mol. The second-order valence-corrected chi connectivity index (χ2v) is 11.9. The van der Waals surface area contributed by atoms with Crippen molar-refractivity contribution in [1.82, 2.24) is 9.47 Å². The minimum atomic E-state index is 0.117. The lowest BCUT2D eigenvalue weighted by atomic mass is 10.3. The first-order valence-electron chi connectivity index (χ1n) is 10.6. The molecule has 3 aromatic rings. The van der Waals surface area contributed by atoms with E-state index in [4.69, 9.17) is 0 Å². The van der Waals surface area contributed by atoms with Gasteiger partial charge in [-0.25, -0.2) is 0 Å². The quantitative estimate of drug-likeness (QED) is 0.345. The second kappa shape index (κ2) is 10.0. The van der Waals surface area contributed by atoms with E-state index in [2.05, 4.69) is 73.3 Å². The van der Waals surface area contributed by atoms with E-state index >= 15 is 0 Å². The van der Waals surface area contributed by atoms with Crippen LogP contribution in [0.1, 0.15) is 32.7 Å². The fourth-order valence-electron chi connectivity index (χ4n) is 3.93. The maximum absolute atomic E-state index is 13.3. The van der Waals surface area contributed by atoms with Gasteiger partial charge in [-0.05, 0) is 51.7 Å². The third-order valence-corrected chi connectivity index (χ3v) is 10.7. The zero-order valence-electron chi connectivity index (χ0n) is 19.2. The zero-order chi connectivity index (χ0) is 23.0. The third kappa shape index (κ3) is 4.11. The zero-order valence-corrected chi connectivity index (χ0v) is 23.3. The van der Waals surface area contributed by atoms with Gasteiger partial charge in [0.15, 0.2) is 0 Å². The van der Waals surface area contributed by atoms with E-state index in [9.17, 15) is 4.79 Å². The van der Waals surface area contributed by atoms with E-state index in [1.54, 1.807) is 46.6 Å². The average Bonchev–Trinajstić information content (AvgIpc) is 3.44. The van der Waals surface area contributed by atoms with Crippen molar-refractivity contribution in [2.45, 2.75) is 50.6 Å². The Morgan fingerprint density at radius 2 is 1.78 bits per heavy atom. The van der Waals surface area contributed by atoms with Crippen LogP contribution in [0, 0.1) is 0 Å². The summed E-state index contributed by atoms with van der Waals surface area (Å²) in [7, 11) is 0. The molecule has 0 fully saturated rings. The predicted molar refractivity (Wildman–Crippen MR) is 145 cm³/mol. The minimum absolute atomic E-state index is 0.117. The van der Waals surface area contributed by atoms with Crippen molar-refractivity contribution in [3.63, 3.8) is 0 Å². The molecule has 170 valence electrons.